The number of carbonyl (C=O) groups is 1. The van der Waals surface area contributed by atoms with Crippen molar-refractivity contribution in [3.8, 4) is 0 Å². The Morgan fingerprint density at radius 3 is 2.72 bits per heavy atom. The molecule has 1 aromatic carbocycles. The third-order valence-electron chi connectivity index (χ3n) is 3.12. The lowest BCUT2D eigenvalue weighted by Gasteiger charge is -2.08. The minimum absolute atomic E-state index is 0.0118. The number of rotatable bonds is 4. The maximum atomic E-state index is 10.7. The van der Waals surface area contributed by atoms with Gasteiger partial charge in [0.1, 0.15) is 5.82 Å². The monoisotopic (exact) mass is 246 g/mol. The van der Waals surface area contributed by atoms with E-state index in [0.717, 1.165) is 22.4 Å². The molecule has 0 radical (unpaired) electrons. The Balaban J connectivity index is 2.34. The molecule has 1 heterocycles. The Labute approximate surface area is 106 Å². The van der Waals surface area contributed by atoms with Gasteiger partial charge < -0.3 is 10.1 Å². The molecule has 1 unspecified atom stereocenters. The van der Waals surface area contributed by atoms with E-state index >= 15 is 0 Å². The normalized spacial score (nSPS) is 13.1. The highest BCUT2D eigenvalue weighted by Crippen LogP contribution is 2.24. The number of hydrogen-bond donors (Lipinski definition) is 2. The standard InChI is InChI=1S/C14H18N2O2/c1-8(2)14-15-11-5-4-10(7-12(11)16-14)9(3)6-13(17)18/h4-5,7-9H,6H2,1-3H3,(H,15,16)(H,17,18). The second-order valence-corrected chi connectivity index (χ2v) is 5.05. The van der Waals surface area contributed by atoms with Gasteiger partial charge in [-0.25, -0.2) is 4.98 Å². The van der Waals surface area contributed by atoms with Gasteiger partial charge in [-0.1, -0.05) is 26.8 Å². The predicted octanol–water partition coefficient (Wildman–Crippen LogP) is 3.26. The molecule has 0 aliphatic heterocycles. The van der Waals surface area contributed by atoms with Gasteiger partial charge in [0.2, 0.25) is 0 Å². The highest BCUT2D eigenvalue weighted by molar-refractivity contribution is 5.76. The van der Waals surface area contributed by atoms with E-state index in [0.29, 0.717) is 5.92 Å². The molecule has 0 aliphatic carbocycles. The van der Waals surface area contributed by atoms with Crippen LogP contribution in [0, 0.1) is 0 Å². The summed E-state index contributed by atoms with van der Waals surface area (Å²) in [4.78, 5) is 18.5. The average Bonchev–Trinajstić information content (AvgIpc) is 2.70. The highest BCUT2D eigenvalue weighted by Gasteiger charge is 2.12. The zero-order valence-corrected chi connectivity index (χ0v) is 10.9. The van der Waals surface area contributed by atoms with Gasteiger partial charge in [0.25, 0.3) is 0 Å². The number of aromatic amines is 1. The van der Waals surface area contributed by atoms with E-state index in [1.807, 2.05) is 25.1 Å². The first-order valence-corrected chi connectivity index (χ1v) is 6.18. The molecule has 0 fully saturated rings. The molecule has 2 rings (SSSR count). The van der Waals surface area contributed by atoms with Crippen molar-refractivity contribution < 1.29 is 9.90 Å². The number of aliphatic carboxylic acids is 1. The number of hydrogen-bond acceptors (Lipinski definition) is 2. The summed E-state index contributed by atoms with van der Waals surface area (Å²) in [5.41, 5.74) is 2.95. The maximum absolute atomic E-state index is 10.7. The summed E-state index contributed by atoms with van der Waals surface area (Å²) < 4.78 is 0. The number of H-pyrrole nitrogens is 1. The Morgan fingerprint density at radius 2 is 2.11 bits per heavy atom. The molecule has 1 aromatic heterocycles. The van der Waals surface area contributed by atoms with Crippen molar-refractivity contribution in [3.63, 3.8) is 0 Å². The van der Waals surface area contributed by atoms with Crippen LogP contribution in [0.2, 0.25) is 0 Å². The summed E-state index contributed by atoms with van der Waals surface area (Å²) in [6.45, 7) is 6.10. The molecule has 4 heteroatoms. The van der Waals surface area contributed by atoms with Gasteiger partial charge in [-0.05, 0) is 23.6 Å². The van der Waals surface area contributed by atoms with Crippen molar-refractivity contribution in [2.45, 2.75) is 39.0 Å². The van der Waals surface area contributed by atoms with Gasteiger partial charge in [-0.15, -0.1) is 0 Å². The van der Waals surface area contributed by atoms with E-state index in [4.69, 9.17) is 5.11 Å². The fourth-order valence-electron chi connectivity index (χ4n) is 2.01. The third-order valence-corrected chi connectivity index (χ3v) is 3.12. The van der Waals surface area contributed by atoms with E-state index < -0.39 is 5.97 Å². The molecule has 4 nitrogen and oxygen atoms in total. The quantitative estimate of drug-likeness (QED) is 0.870. The van der Waals surface area contributed by atoms with E-state index in [-0.39, 0.29) is 12.3 Å². The molecule has 0 saturated heterocycles. The summed E-state index contributed by atoms with van der Waals surface area (Å²) in [7, 11) is 0. The van der Waals surface area contributed by atoms with Crippen LogP contribution in [0.4, 0.5) is 0 Å². The van der Waals surface area contributed by atoms with Crippen molar-refractivity contribution >= 4 is 17.0 Å². The van der Waals surface area contributed by atoms with Crippen LogP contribution in [0.15, 0.2) is 18.2 Å². The molecule has 2 N–H and O–H groups in total. The van der Waals surface area contributed by atoms with Crippen LogP contribution >= 0.6 is 0 Å². The zero-order chi connectivity index (χ0) is 13.3. The molecular formula is C14H18N2O2. The summed E-state index contributed by atoms with van der Waals surface area (Å²) in [6, 6.07) is 5.91. The van der Waals surface area contributed by atoms with Crippen LogP contribution in [0.25, 0.3) is 11.0 Å². The Hall–Kier alpha value is -1.84. The number of nitrogens with zero attached hydrogens (tertiary/aromatic N) is 1. The topological polar surface area (TPSA) is 66.0 Å². The van der Waals surface area contributed by atoms with Crippen LogP contribution in [-0.4, -0.2) is 21.0 Å². The number of carboxylic acids is 1. The van der Waals surface area contributed by atoms with E-state index in [9.17, 15) is 4.79 Å². The number of imidazole rings is 1. The fourth-order valence-corrected chi connectivity index (χ4v) is 2.01. The largest absolute Gasteiger partial charge is 0.481 e. The maximum Gasteiger partial charge on any atom is 0.303 e. The number of fused-ring (bicyclic) bond motifs is 1. The van der Waals surface area contributed by atoms with E-state index in [1.165, 1.54) is 0 Å². The van der Waals surface area contributed by atoms with Crippen molar-refractivity contribution in [3.05, 3.63) is 29.6 Å². The summed E-state index contributed by atoms with van der Waals surface area (Å²) in [5, 5.41) is 8.82. The molecule has 0 bridgehead atoms. The molecule has 0 aliphatic rings. The summed E-state index contributed by atoms with van der Waals surface area (Å²) in [5.74, 6) is 0.568. The van der Waals surface area contributed by atoms with Crippen molar-refractivity contribution in [1.29, 1.82) is 0 Å². The fraction of sp³-hybridized carbons (Fsp3) is 0.429. The van der Waals surface area contributed by atoms with Crippen molar-refractivity contribution in [2.75, 3.05) is 0 Å². The lowest BCUT2D eigenvalue weighted by molar-refractivity contribution is -0.137. The predicted molar refractivity (Wildman–Crippen MR) is 70.9 cm³/mol. The average molecular weight is 246 g/mol. The van der Waals surface area contributed by atoms with Crippen molar-refractivity contribution in [2.24, 2.45) is 0 Å². The van der Waals surface area contributed by atoms with Crippen LogP contribution in [0.1, 0.15) is 50.4 Å². The van der Waals surface area contributed by atoms with E-state index in [2.05, 4.69) is 23.8 Å². The highest BCUT2D eigenvalue weighted by atomic mass is 16.4. The first-order chi connectivity index (χ1) is 8.47. The first kappa shape index (κ1) is 12.6. The van der Waals surface area contributed by atoms with Crippen LogP contribution in [0.3, 0.4) is 0 Å². The van der Waals surface area contributed by atoms with Crippen LogP contribution in [-0.2, 0) is 4.79 Å². The Bertz CT molecular complexity index is 572. The molecular weight excluding hydrogens is 228 g/mol. The Morgan fingerprint density at radius 1 is 1.39 bits per heavy atom. The Kier molecular flexibility index (Phi) is 3.36. The van der Waals surface area contributed by atoms with E-state index in [1.54, 1.807) is 0 Å². The molecule has 0 spiro atoms. The molecule has 0 amide bonds. The van der Waals surface area contributed by atoms with Gasteiger partial charge >= 0.3 is 5.97 Å². The second kappa shape index (κ2) is 4.80. The molecule has 18 heavy (non-hydrogen) atoms. The number of carboxylic acid groups (broad SMARTS) is 1. The van der Waals surface area contributed by atoms with Crippen LogP contribution < -0.4 is 0 Å². The first-order valence-electron chi connectivity index (χ1n) is 6.18. The molecule has 1 atom stereocenters. The SMILES string of the molecule is CC(C)c1nc2ccc(C(C)CC(=O)O)cc2[nH]1. The number of aromatic nitrogens is 2. The summed E-state index contributed by atoms with van der Waals surface area (Å²) >= 11 is 0. The third kappa shape index (κ3) is 2.53. The summed E-state index contributed by atoms with van der Waals surface area (Å²) in [6.07, 6.45) is 0.149. The zero-order valence-electron chi connectivity index (χ0n) is 10.9. The van der Waals surface area contributed by atoms with Gasteiger partial charge in [0, 0.05) is 5.92 Å². The van der Waals surface area contributed by atoms with Gasteiger partial charge in [0.05, 0.1) is 17.5 Å². The number of nitrogens with one attached hydrogen (secondary N) is 1. The molecule has 96 valence electrons. The molecule has 0 saturated carbocycles. The minimum atomic E-state index is -0.768. The molecule has 2 aromatic rings. The smallest absolute Gasteiger partial charge is 0.303 e. The van der Waals surface area contributed by atoms with Gasteiger partial charge in [-0.2, -0.15) is 0 Å². The van der Waals surface area contributed by atoms with Crippen molar-refractivity contribution in [1.82, 2.24) is 9.97 Å². The lowest BCUT2D eigenvalue weighted by Crippen LogP contribution is -2.02. The second-order valence-electron chi connectivity index (χ2n) is 5.05. The van der Waals surface area contributed by atoms with Crippen LogP contribution in [0.5, 0.6) is 0 Å². The van der Waals surface area contributed by atoms with Gasteiger partial charge in [0.15, 0.2) is 0 Å². The number of benzene rings is 1. The van der Waals surface area contributed by atoms with Gasteiger partial charge in [-0.3, -0.25) is 4.79 Å². The minimum Gasteiger partial charge on any atom is -0.481 e. The lowest BCUT2D eigenvalue weighted by atomic mass is 9.97.